The van der Waals surface area contributed by atoms with E-state index in [9.17, 15) is 9.59 Å². The van der Waals surface area contributed by atoms with Gasteiger partial charge in [-0.25, -0.2) is 0 Å². The van der Waals surface area contributed by atoms with Crippen LogP contribution in [-0.2, 0) is 4.79 Å². The standard InChI is InChI=1S/C15H14ClN3O2/c1-9(20)18-10-5-7-11(8-6-10)19-15(21)12-3-2-4-13(17)14(12)16/h2-8H,17H2,1H3,(H,18,20)(H,19,21). The largest absolute Gasteiger partial charge is 0.398 e. The van der Waals surface area contributed by atoms with Crippen LogP contribution in [-0.4, -0.2) is 11.8 Å². The predicted octanol–water partition coefficient (Wildman–Crippen LogP) is 3.13. The van der Waals surface area contributed by atoms with Crippen LogP contribution in [0.2, 0.25) is 5.02 Å². The Kier molecular flexibility index (Phi) is 4.45. The molecule has 0 saturated carbocycles. The van der Waals surface area contributed by atoms with Gasteiger partial charge in [-0.2, -0.15) is 0 Å². The third-order valence-corrected chi connectivity index (χ3v) is 3.16. The summed E-state index contributed by atoms with van der Waals surface area (Å²) in [5, 5.41) is 5.59. The van der Waals surface area contributed by atoms with Crippen LogP contribution in [0.5, 0.6) is 0 Å². The Morgan fingerprint density at radius 2 is 1.57 bits per heavy atom. The molecule has 0 bridgehead atoms. The second-order valence-corrected chi connectivity index (χ2v) is 4.80. The molecule has 0 saturated heterocycles. The molecule has 0 spiro atoms. The van der Waals surface area contributed by atoms with E-state index < -0.39 is 0 Å². The van der Waals surface area contributed by atoms with Crippen molar-refractivity contribution in [2.45, 2.75) is 6.92 Å². The molecule has 108 valence electrons. The van der Waals surface area contributed by atoms with Crippen molar-refractivity contribution < 1.29 is 9.59 Å². The van der Waals surface area contributed by atoms with E-state index in [2.05, 4.69) is 10.6 Å². The molecule has 6 heteroatoms. The number of benzene rings is 2. The summed E-state index contributed by atoms with van der Waals surface area (Å²) in [4.78, 5) is 23.1. The fourth-order valence-electron chi connectivity index (χ4n) is 1.76. The highest BCUT2D eigenvalue weighted by Gasteiger charge is 2.12. The third kappa shape index (κ3) is 3.73. The van der Waals surface area contributed by atoms with Crippen LogP contribution in [0.1, 0.15) is 17.3 Å². The Labute approximate surface area is 127 Å². The van der Waals surface area contributed by atoms with Crippen molar-refractivity contribution in [3.05, 3.63) is 53.1 Å². The highest BCUT2D eigenvalue weighted by Crippen LogP contribution is 2.24. The summed E-state index contributed by atoms with van der Waals surface area (Å²) in [7, 11) is 0. The molecule has 0 fully saturated rings. The van der Waals surface area contributed by atoms with Crippen LogP contribution >= 0.6 is 11.6 Å². The maximum Gasteiger partial charge on any atom is 0.257 e. The van der Waals surface area contributed by atoms with Gasteiger partial charge in [0.05, 0.1) is 16.3 Å². The zero-order valence-corrected chi connectivity index (χ0v) is 12.1. The van der Waals surface area contributed by atoms with Crippen LogP contribution in [0, 0.1) is 0 Å². The van der Waals surface area contributed by atoms with Crippen molar-refractivity contribution in [1.29, 1.82) is 0 Å². The van der Waals surface area contributed by atoms with Crippen LogP contribution in [0.4, 0.5) is 17.1 Å². The van der Waals surface area contributed by atoms with Gasteiger partial charge in [-0.15, -0.1) is 0 Å². The lowest BCUT2D eigenvalue weighted by Gasteiger charge is -2.09. The molecule has 0 atom stereocenters. The lowest BCUT2D eigenvalue weighted by atomic mass is 10.2. The molecule has 0 unspecified atom stereocenters. The lowest BCUT2D eigenvalue weighted by Crippen LogP contribution is -2.13. The van der Waals surface area contributed by atoms with E-state index in [0.717, 1.165) is 0 Å². The highest BCUT2D eigenvalue weighted by molar-refractivity contribution is 6.36. The number of nitrogen functional groups attached to an aromatic ring is 1. The smallest absolute Gasteiger partial charge is 0.257 e. The molecule has 21 heavy (non-hydrogen) atoms. The number of amides is 2. The van der Waals surface area contributed by atoms with Gasteiger partial charge in [0.15, 0.2) is 0 Å². The Bertz CT molecular complexity index is 684. The van der Waals surface area contributed by atoms with E-state index in [4.69, 9.17) is 17.3 Å². The number of nitrogens with one attached hydrogen (secondary N) is 2. The molecule has 4 N–H and O–H groups in total. The number of rotatable bonds is 3. The maximum atomic E-state index is 12.1. The van der Waals surface area contributed by atoms with Gasteiger partial charge >= 0.3 is 0 Å². The SMILES string of the molecule is CC(=O)Nc1ccc(NC(=O)c2cccc(N)c2Cl)cc1. The van der Waals surface area contributed by atoms with Crippen LogP contribution < -0.4 is 16.4 Å². The molecule has 2 rings (SSSR count). The van der Waals surface area contributed by atoms with Crippen molar-refractivity contribution in [3.63, 3.8) is 0 Å². The van der Waals surface area contributed by atoms with Gasteiger partial charge in [-0.1, -0.05) is 17.7 Å². The molecule has 5 nitrogen and oxygen atoms in total. The second kappa shape index (κ2) is 6.28. The number of carbonyl (C=O) groups excluding carboxylic acids is 2. The molecule has 0 radical (unpaired) electrons. The van der Waals surface area contributed by atoms with Crippen LogP contribution in [0.25, 0.3) is 0 Å². The van der Waals surface area contributed by atoms with E-state index in [0.29, 0.717) is 22.6 Å². The first kappa shape index (κ1) is 14.9. The fourth-order valence-corrected chi connectivity index (χ4v) is 1.98. The zero-order chi connectivity index (χ0) is 15.4. The Morgan fingerprint density at radius 1 is 1.00 bits per heavy atom. The first-order valence-electron chi connectivity index (χ1n) is 6.20. The third-order valence-electron chi connectivity index (χ3n) is 2.74. The molecule has 2 amide bonds. The molecule has 2 aromatic carbocycles. The first-order chi connectivity index (χ1) is 9.97. The fraction of sp³-hybridized carbons (Fsp3) is 0.0667. The van der Waals surface area contributed by atoms with Gasteiger partial charge in [0, 0.05) is 18.3 Å². The molecule has 0 heterocycles. The van der Waals surface area contributed by atoms with Gasteiger partial charge in [-0.3, -0.25) is 9.59 Å². The minimum Gasteiger partial charge on any atom is -0.398 e. The Hall–Kier alpha value is -2.53. The van der Waals surface area contributed by atoms with E-state index in [-0.39, 0.29) is 16.8 Å². The highest BCUT2D eigenvalue weighted by atomic mass is 35.5. The van der Waals surface area contributed by atoms with Crippen LogP contribution in [0.15, 0.2) is 42.5 Å². The minimum absolute atomic E-state index is 0.154. The molecule has 0 aliphatic rings. The molecular formula is C15H14ClN3O2. The van der Waals surface area contributed by atoms with Crippen LogP contribution in [0.3, 0.4) is 0 Å². The van der Waals surface area contributed by atoms with E-state index in [1.807, 2.05) is 0 Å². The average molecular weight is 304 g/mol. The minimum atomic E-state index is -0.348. The van der Waals surface area contributed by atoms with Gasteiger partial charge < -0.3 is 16.4 Å². The molecule has 0 aliphatic carbocycles. The molecule has 0 aromatic heterocycles. The zero-order valence-electron chi connectivity index (χ0n) is 11.3. The maximum absolute atomic E-state index is 12.1. The van der Waals surface area contributed by atoms with Crippen molar-refractivity contribution in [1.82, 2.24) is 0 Å². The number of hydrogen-bond donors (Lipinski definition) is 3. The van der Waals surface area contributed by atoms with E-state index in [1.54, 1.807) is 42.5 Å². The number of hydrogen-bond acceptors (Lipinski definition) is 3. The molecule has 2 aromatic rings. The van der Waals surface area contributed by atoms with Gasteiger partial charge in [-0.05, 0) is 36.4 Å². The summed E-state index contributed by atoms with van der Waals surface area (Å²) in [5.41, 5.74) is 7.57. The van der Waals surface area contributed by atoms with Crippen molar-refractivity contribution in [2.75, 3.05) is 16.4 Å². The van der Waals surface area contributed by atoms with Crippen molar-refractivity contribution >= 4 is 40.5 Å². The summed E-state index contributed by atoms with van der Waals surface area (Å²) >= 11 is 6.00. The molecular weight excluding hydrogens is 290 g/mol. The monoisotopic (exact) mass is 303 g/mol. The normalized spacial score (nSPS) is 10.0. The predicted molar refractivity (Wildman–Crippen MR) is 84.6 cm³/mol. The Balaban J connectivity index is 2.12. The van der Waals surface area contributed by atoms with E-state index in [1.165, 1.54) is 6.92 Å². The summed E-state index contributed by atoms with van der Waals surface area (Å²) in [6.07, 6.45) is 0. The quantitative estimate of drug-likeness (QED) is 0.762. The summed E-state index contributed by atoms with van der Waals surface area (Å²) in [5.74, 6) is -0.502. The lowest BCUT2D eigenvalue weighted by molar-refractivity contribution is -0.114. The summed E-state index contributed by atoms with van der Waals surface area (Å²) < 4.78 is 0. The Morgan fingerprint density at radius 3 is 2.14 bits per heavy atom. The van der Waals surface area contributed by atoms with Gasteiger partial charge in [0.2, 0.25) is 5.91 Å². The molecule has 0 aliphatic heterocycles. The number of carbonyl (C=O) groups is 2. The van der Waals surface area contributed by atoms with Crippen molar-refractivity contribution in [2.24, 2.45) is 0 Å². The number of halogens is 1. The summed E-state index contributed by atoms with van der Waals surface area (Å²) in [6, 6.07) is 11.6. The summed E-state index contributed by atoms with van der Waals surface area (Å²) in [6.45, 7) is 1.43. The van der Waals surface area contributed by atoms with Gasteiger partial charge in [0.25, 0.3) is 5.91 Å². The second-order valence-electron chi connectivity index (χ2n) is 4.42. The van der Waals surface area contributed by atoms with Crippen molar-refractivity contribution in [3.8, 4) is 0 Å². The average Bonchev–Trinajstić information content (AvgIpc) is 2.43. The number of nitrogens with two attached hydrogens (primary N) is 1. The number of anilines is 3. The first-order valence-corrected chi connectivity index (χ1v) is 6.58. The van der Waals surface area contributed by atoms with E-state index >= 15 is 0 Å². The van der Waals surface area contributed by atoms with Gasteiger partial charge in [0.1, 0.15) is 0 Å². The topological polar surface area (TPSA) is 84.2 Å².